The Hall–Kier alpha value is -1.52. The molecule has 19 heavy (non-hydrogen) atoms. The van der Waals surface area contributed by atoms with Gasteiger partial charge in [-0.25, -0.2) is 4.98 Å². The average Bonchev–Trinajstić information content (AvgIpc) is 2.88. The van der Waals surface area contributed by atoms with Gasteiger partial charge in [-0.2, -0.15) is 0 Å². The van der Waals surface area contributed by atoms with Crippen LogP contribution in [-0.4, -0.2) is 12.1 Å². The fraction of sp³-hybridized carbons (Fsp3) is 0.357. The van der Waals surface area contributed by atoms with Gasteiger partial charge in [-0.3, -0.25) is 0 Å². The lowest BCUT2D eigenvalue weighted by atomic mass is 10.2. The zero-order valence-electron chi connectivity index (χ0n) is 11.1. The van der Waals surface area contributed by atoms with E-state index in [4.69, 9.17) is 20.8 Å². The van der Waals surface area contributed by atoms with Gasteiger partial charge in [0.2, 0.25) is 5.89 Å². The Morgan fingerprint density at radius 3 is 2.89 bits per heavy atom. The first-order valence-corrected chi connectivity index (χ1v) is 6.58. The number of hydrogen-bond acceptors (Lipinski definition) is 4. The number of halogens is 1. The predicted molar refractivity (Wildman–Crippen MR) is 74.4 cm³/mol. The number of rotatable bonds is 6. The van der Waals surface area contributed by atoms with Gasteiger partial charge in [0.05, 0.1) is 19.9 Å². The summed E-state index contributed by atoms with van der Waals surface area (Å²) in [5.74, 6) is 2.36. The van der Waals surface area contributed by atoms with Crippen LogP contribution in [0.1, 0.15) is 24.1 Å². The highest BCUT2D eigenvalue weighted by Gasteiger charge is 2.08. The molecule has 0 unspecified atom stereocenters. The van der Waals surface area contributed by atoms with Crippen molar-refractivity contribution in [1.82, 2.24) is 10.3 Å². The van der Waals surface area contributed by atoms with E-state index in [2.05, 4.69) is 10.3 Å². The van der Waals surface area contributed by atoms with Crippen LogP contribution >= 0.6 is 11.6 Å². The van der Waals surface area contributed by atoms with Crippen molar-refractivity contribution < 1.29 is 9.15 Å². The van der Waals surface area contributed by atoms with Gasteiger partial charge >= 0.3 is 0 Å². The molecule has 0 aliphatic heterocycles. The molecule has 0 spiro atoms. The normalized spacial score (nSPS) is 10.7. The number of nitrogens with one attached hydrogen (secondary N) is 1. The molecule has 102 valence electrons. The molecule has 1 N–H and O–H groups in total. The van der Waals surface area contributed by atoms with E-state index >= 15 is 0 Å². The van der Waals surface area contributed by atoms with Crippen molar-refractivity contribution in [2.24, 2.45) is 0 Å². The topological polar surface area (TPSA) is 47.3 Å². The Labute approximate surface area is 117 Å². The van der Waals surface area contributed by atoms with Gasteiger partial charge in [-0.1, -0.05) is 24.6 Å². The summed E-state index contributed by atoms with van der Waals surface area (Å²) in [6.07, 6.45) is 2.61. The van der Waals surface area contributed by atoms with E-state index in [0.717, 1.165) is 23.5 Å². The van der Waals surface area contributed by atoms with E-state index in [1.807, 2.05) is 25.1 Å². The molecule has 1 aromatic carbocycles. The summed E-state index contributed by atoms with van der Waals surface area (Å²) in [7, 11) is 1.64. The molecular formula is C14H17ClN2O2. The number of aromatic nitrogens is 1. The van der Waals surface area contributed by atoms with Gasteiger partial charge in [0.15, 0.2) is 0 Å². The third-order valence-corrected chi connectivity index (χ3v) is 3.18. The zero-order valence-corrected chi connectivity index (χ0v) is 11.8. The van der Waals surface area contributed by atoms with Crippen molar-refractivity contribution >= 4 is 11.6 Å². The number of oxazole rings is 1. The minimum Gasteiger partial charge on any atom is -0.496 e. The van der Waals surface area contributed by atoms with E-state index in [0.29, 0.717) is 24.0 Å². The van der Waals surface area contributed by atoms with Crippen LogP contribution < -0.4 is 10.1 Å². The first-order chi connectivity index (χ1) is 9.24. The summed E-state index contributed by atoms with van der Waals surface area (Å²) in [6, 6.07) is 5.61. The third kappa shape index (κ3) is 3.49. The first kappa shape index (κ1) is 13.9. The second kappa shape index (κ2) is 6.59. The standard InChI is InChI=1S/C14H17ClN2O2/c1-3-10-7-17-14(19-10)9-16-8-11-12(15)5-4-6-13(11)18-2/h4-7,16H,3,8-9H2,1-2H3. The maximum Gasteiger partial charge on any atom is 0.208 e. The molecule has 0 aliphatic rings. The molecule has 0 amide bonds. The van der Waals surface area contributed by atoms with Gasteiger partial charge in [0.1, 0.15) is 11.5 Å². The van der Waals surface area contributed by atoms with Crippen LogP contribution in [0.25, 0.3) is 0 Å². The van der Waals surface area contributed by atoms with Crippen LogP contribution in [0.2, 0.25) is 5.02 Å². The Morgan fingerprint density at radius 2 is 2.21 bits per heavy atom. The second-order valence-corrected chi connectivity index (χ2v) is 4.51. The van der Waals surface area contributed by atoms with Crippen LogP contribution in [0.15, 0.2) is 28.8 Å². The molecule has 1 aromatic heterocycles. The molecule has 4 nitrogen and oxygen atoms in total. The number of hydrogen-bond donors (Lipinski definition) is 1. The molecule has 0 atom stereocenters. The van der Waals surface area contributed by atoms with Gasteiger partial charge in [-0.15, -0.1) is 0 Å². The molecule has 2 rings (SSSR count). The summed E-state index contributed by atoms with van der Waals surface area (Å²) in [5.41, 5.74) is 0.939. The number of aryl methyl sites for hydroxylation is 1. The van der Waals surface area contributed by atoms with E-state index in [-0.39, 0.29) is 0 Å². The minimum atomic E-state index is 0.564. The molecule has 0 aliphatic carbocycles. The highest BCUT2D eigenvalue weighted by molar-refractivity contribution is 6.31. The van der Waals surface area contributed by atoms with E-state index in [1.165, 1.54) is 0 Å². The lowest BCUT2D eigenvalue weighted by Crippen LogP contribution is -2.14. The maximum atomic E-state index is 6.16. The molecule has 0 bridgehead atoms. The summed E-state index contributed by atoms with van der Waals surface area (Å²) in [6.45, 7) is 3.20. The summed E-state index contributed by atoms with van der Waals surface area (Å²) in [4.78, 5) is 4.19. The van der Waals surface area contributed by atoms with Crippen molar-refractivity contribution in [2.45, 2.75) is 26.4 Å². The number of benzene rings is 1. The van der Waals surface area contributed by atoms with Crippen LogP contribution in [0, 0.1) is 0 Å². The smallest absolute Gasteiger partial charge is 0.208 e. The molecule has 0 saturated heterocycles. The fourth-order valence-electron chi connectivity index (χ4n) is 1.79. The molecule has 2 aromatic rings. The average molecular weight is 281 g/mol. The van der Waals surface area contributed by atoms with Crippen molar-refractivity contribution in [3.05, 3.63) is 46.6 Å². The number of nitrogens with zero attached hydrogens (tertiary/aromatic N) is 1. The SMILES string of the molecule is CCc1cnc(CNCc2c(Cl)cccc2OC)o1. The van der Waals surface area contributed by atoms with Gasteiger partial charge in [0.25, 0.3) is 0 Å². The van der Waals surface area contributed by atoms with Gasteiger partial charge in [0, 0.05) is 23.6 Å². The number of methoxy groups -OCH3 is 1. The Morgan fingerprint density at radius 1 is 1.37 bits per heavy atom. The Kier molecular flexibility index (Phi) is 4.82. The quantitative estimate of drug-likeness (QED) is 0.883. The zero-order chi connectivity index (χ0) is 13.7. The molecule has 0 radical (unpaired) electrons. The van der Waals surface area contributed by atoms with Crippen LogP contribution in [0.3, 0.4) is 0 Å². The van der Waals surface area contributed by atoms with Gasteiger partial charge < -0.3 is 14.5 Å². The Bertz CT molecular complexity index is 540. The highest BCUT2D eigenvalue weighted by Crippen LogP contribution is 2.25. The lowest BCUT2D eigenvalue weighted by Gasteiger charge is -2.10. The largest absolute Gasteiger partial charge is 0.496 e. The van der Waals surface area contributed by atoms with E-state index in [9.17, 15) is 0 Å². The fourth-order valence-corrected chi connectivity index (χ4v) is 2.02. The predicted octanol–water partition coefficient (Wildman–Crippen LogP) is 3.19. The van der Waals surface area contributed by atoms with Gasteiger partial charge in [-0.05, 0) is 12.1 Å². The van der Waals surface area contributed by atoms with Crippen molar-refractivity contribution in [2.75, 3.05) is 7.11 Å². The molecule has 1 heterocycles. The van der Waals surface area contributed by atoms with Crippen LogP contribution in [0.4, 0.5) is 0 Å². The number of ether oxygens (including phenoxy) is 1. The van der Waals surface area contributed by atoms with E-state index in [1.54, 1.807) is 13.3 Å². The highest BCUT2D eigenvalue weighted by atomic mass is 35.5. The summed E-state index contributed by atoms with van der Waals surface area (Å²) in [5, 5.41) is 3.94. The van der Waals surface area contributed by atoms with Crippen LogP contribution in [0.5, 0.6) is 5.75 Å². The molecule has 0 fully saturated rings. The first-order valence-electron chi connectivity index (χ1n) is 6.20. The maximum absolute atomic E-state index is 6.16. The minimum absolute atomic E-state index is 0.564. The summed E-state index contributed by atoms with van der Waals surface area (Å²) < 4.78 is 10.8. The van der Waals surface area contributed by atoms with Crippen molar-refractivity contribution in [1.29, 1.82) is 0 Å². The molecular weight excluding hydrogens is 264 g/mol. The van der Waals surface area contributed by atoms with Crippen molar-refractivity contribution in [3.63, 3.8) is 0 Å². The molecule has 0 saturated carbocycles. The third-order valence-electron chi connectivity index (χ3n) is 2.82. The monoisotopic (exact) mass is 280 g/mol. The summed E-state index contributed by atoms with van der Waals surface area (Å²) >= 11 is 6.16. The van der Waals surface area contributed by atoms with Crippen molar-refractivity contribution in [3.8, 4) is 5.75 Å². The second-order valence-electron chi connectivity index (χ2n) is 4.10. The van der Waals surface area contributed by atoms with Crippen LogP contribution in [-0.2, 0) is 19.5 Å². The Balaban J connectivity index is 1.95. The lowest BCUT2D eigenvalue weighted by molar-refractivity contribution is 0.404. The molecule has 5 heteroatoms. The van der Waals surface area contributed by atoms with E-state index < -0.39 is 0 Å².